The predicted octanol–water partition coefficient (Wildman–Crippen LogP) is -0.882. The number of fused-ring (bicyclic) bond motifs is 3. The second kappa shape index (κ2) is 8.25. The van der Waals surface area contributed by atoms with E-state index < -0.39 is 12.5 Å². The number of amides is 1. The fraction of sp³-hybridized carbons (Fsp3) is 0.421. The number of carboxylic acids is 1. The number of nitrogens with zero attached hydrogens (tertiary/aromatic N) is 2. The fourth-order valence-corrected chi connectivity index (χ4v) is 5.57. The maximum Gasteiger partial charge on any atom is 1.00 e. The molecule has 8 heteroatoms. The van der Waals surface area contributed by atoms with Gasteiger partial charge < -0.3 is 14.8 Å². The molecule has 1 saturated heterocycles. The molecule has 4 rings (SSSR count). The largest absolute Gasteiger partial charge is 1.00 e. The topological polar surface area (TPSA) is 63.7 Å². The van der Waals surface area contributed by atoms with Crippen molar-refractivity contribution in [2.45, 2.75) is 37.6 Å². The molecule has 0 radical (unpaired) electrons. The van der Waals surface area contributed by atoms with Crippen LogP contribution < -0.4 is 39.6 Å². The first-order chi connectivity index (χ1) is 12.5. The van der Waals surface area contributed by atoms with Crippen molar-refractivity contribution < 1.29 is 44.3 Å². The van der Waals surface area contributed by atoms with E-state index in [1.54, 1.807) is 0 Å². The third kappa shape index (κ3) is 3.85. The summed E-state index contributed by atoms with van der Waals surface area (Å²) >= 11 is 6.27. The molecule has 2 fully saturated rings. The maximum atomic E-state index is 12.4. The summed E-state index contributed by atoms with van der Waals surface area (Å²) < 4.78 is 0.263. The van der Waals surface area contributed by atoms with Gasteiger partial charge in [0.1, 0.15) is 4.32 Å². The number of carbonyl (C=O) groups excluding carboxylic acids is 2. The van der Waals surface area contributed by atoms with Crippen molar-refractivity contribution in [1.82, 2.24) is 4.90 Å². The molecule has 1 aliphatic carbocycles. The van der Waals surface area contributed by atoms with Gasteiger partial charge in [-0.15, -0.1) is 0 Å². The molecule has 3 aliphatic rings. The van der Waals surface area contributed by atoms with Crippen molar-refractivity contribution >= 4 is 51.9 Å². The van der Waals surface area contributed by atoms with Gasteiger partial charge in [-0.05, 0) is 42.2 Å². The van der Waals surface area contributed by atoms with Crippen molar-refractivity contribution in [2.75, 3.05) is 18.5 Å². The average Bonchev–Trinajstić information content (AvgIpc) is 3.04. The number of aliphatic carboxylic acids is 1. The summed E-state index contributed by atoms with van der Waals surface area (Å²) in [5.41, 5.74) is 3.59. The Kier molecular flexibility index (Phi) is 6.37. The molecule has 0 aromatic heterocycles. The normalized spacial score (nSPS) is 25.4. The number of carbonyl (C=O) groups is 2. The molecule has 2 atom stereocenters. The van der Waals surface area contributed by atoms with Crippen LogP contribution >= 0.6 is 24.0 Å². The third-order valence-electron chi connectivity index (χ3n) is 5.52. The number of thiocarbonyl (C=S) groups is 1. The number of anilines is 1. The van der Waals surface area contributed by atoms with E-state index in [9.17, 15) is 14.7 Å². The van der Waals surface area contributed by atoms with Crippen LogP contribution in [0, 0.1) is 0 Å². The Balaban J connectivity index is 0.00000210. The second-order valence-corrected chi connectivity index (χ2v) is 8.70. The Bertz CT molecular complexity index is 842. The number of carboxylic acid groups (broad SMARTS) is 1. The van der Waals surface area contributed by atoms with Gasteiger partial charge in [-0.3, -0.25) is 9.69 Å². The second-order valence-electron chi connectivity index (χ2n) is 7.03. The predicted molar refractivity (Wildman–Crippen MR) is 105 cm³/mol. The molecule has 1 saturated carbocycles. The van der Waals surface area contributed by atoms with Crippen LogP contribution in [-0.2, 0) is 9.59 Å². The van der Waals surface area contributed by atoms with Crippen LogP contribution in [0.15, 0.2) is 23.1 Å². The van der Waals surface area contributed by atoms with Crippen LogP contribution in [-0.4, -0.2) is 40.7 Å². The summed E-state index contributed by atoms with van der Waals surface area (Å²) in [5.74, 6) is -1.12. The van der Waals surface area contributed by atoms with E-state index in [2.05, 4.69) is 24.1 Å². The smallest absolute Gasteiger partial charge is 0.548 e. The quantitative estimate of drug-likeness (QED) is 0.366. The summed E-state index contributed by atoms with van der Waals surface area (Å²) in [4.78, 5) is 27.2. The molecule has 5 nitrogen and oxygen atoms in total. The van der Waals surface area contributed by atoms with Crippen LogP contribution in [0.25, 0.3) is 6.08 Å². The van der Waals surface area contributed by atoms with E-state index in [4.69, 9.17) is 12.2 Å². The number of likely N-dealkylation sites (N-methyl/N-ethyl adjacent to an activating group) is 1. The SMILES string of the molecule is CN1c2ccc(/C=C3\SC(=S)N(CC(=O)[O-])C3=O)cc2C2CCCCC21.[Na+]. The molecule has 136 valence electrons. The summed E-state index contributed by atoms with van der Waals surface area (Å²) in [5, 5.41) is 10.8. The van der Waals surface area contributed by atoms with Crippen molar-refractivity contribution in [3.63, 3.8) is 0 Å². The first-order valence-corrected chi connectivity index (χ1v) is 10.00. The van der Waals surface area contributed by atoms with Crippen LogP contribution in [0.4, 0.5) is 5.69 Å². The third-order valence-corrected chi connectivity index (χ3v) is 6.89. The van der Waals surface area contributed by atoms with Gasteiger partial charge in [0.05, 0.1) is 17.4 Å². The number of hydrogen-bond donors (Lipinski definition) is 0. The van der Waals surface area contributed by atoms with Gasteiger partial charge in [0.15, 0.2) is 0 Å². The Labute approximate surface area is 190 Å². The van der Waals surface area contributed by atoms with Crippen molar-refractivity contribution in [2.24, 2.45) is 0 Å². The van der Waals surface area contributed by atoms with Crippen molar-refractivity contribution in [3.05, 3.63) is 34.2 Å². The van der Waals surface area contributed by atoms with Crippen LogP contribution in [0.2, 0.25) is 0 Å². The molecule has 0 spiro atoms. The van der Waals surface area contributed by atoms with Crippen molar-refractivity contribution in [1.29, 1.82) is 0 Å². The van der Waals surface area contributed by atoms with Gasteiger partial charge in [0.2, 0.25) is 0 Å². The van der Waals surface area contributed by atoms with Crippen LogP contribution in [0.3, 0.4) is 0 Å². The monoisotopic (exact) mass is 410 g/mol. The molecule has 1 amide bonds. The molecular formula is C19H19N2NaO3S2. The first-order valence-electron chi connectivity index (χ1n) is 8.77. The number of hydrogen-bond acceptors (Lipinski definition) is 6. The van der Waals surface area contributed by atoms with E-state index >= 15 is 0 Å². The zero-order chi connectivity index (χ0) is 18.4. The summed E-state index contributed by atoms with van der Waals surface area (Å²) in [6, 6.07) is 6.89. The molecule has 1 aromatic carbocycles. The van der Waals surface area contributed by atoms with Gasteiger partial charge in [0.25, 0.3) is 5.91 Å². The van der Waals surface area contributed by atoms with Gasteiger partial charge in [-0.25, -0.2) is 0 Å². The first kappa shape index (κ1) is 20.9. The van der Waals surface area contributed by atoms with Crippen LogP contribution in [0.5, 0.6) is 0 Å². The Morgan fingerprint density at radius 3 is 2.85 bits per heavy atom. The van der Waals surface area contributed by atoms with E-state index in [-0.39, 0.29) is 39.8 Å². The zero-order valence-corrected chi connectivity index (χ0v) is 19.1. The maximum absolute atomic E-state index is 12.4. The van der Waals surface area contributed by atoms with E-state index in [1.165, 1.54) is 36.9 Å². The minimum Gasteiger partial charge on any atom is -0.548 e. The zero-order valence-electron chi connectivity index (χ0n) is 15.4. The average molecular weight is 410 g/mol. The fourth-order valence-electron chi connectivity index (χ4n) is 4.31. The van der Waals surface area contributed by atoms with E-state index in [1.807, 2.05) is 12.1 Å². The van der Waals surface area contributed by atoms with Crippen molar-refractivity contribution in [3.8, 4) is 0 Å². The van der Waals surface area contributed by atoms with Gasteiger partial charge >= 0.3 is 29.6 Å². The van der Waals surface area contributed by atoms with Gasteiger partial charge in [-0.2, -0.15) is 0 Å². The summed E-state index contributed by atoms with van der Waals surface area (Å²) in [7, 11) is 2.17. The minimum absolute atomic E-state index is 0. The number of benzene rings is 1. The molecule has 2 aliphatic heterocycles. The Hall–Kier alpha value is -0.860. The Morgan fingerprint density at radius 1 is 1.37 bits per heavy atom. The standard InChI is InChI=1S/C19H20N2O3S2.Na/c1-20-14-5-3-2-4-12(14)13-8-11(6-7-15(13)20)9-16-18(24)21(10-17(22)23)19(25)26-16;/h6-9,12,14H,2-5,10H2,1H3,(H,22,23);/q;+1/p-1/b16-9-;. The Morgan fingerprint density at radius 2 is 2.11 bits per heavy atom. The minimum atomic E-state index is -1.31. The molecule has 0 N–H and O–H groups in total. The molecule has 0 bridgehead atoms. The van der Waals surface area contributed by atoms with E-state index in [0.717, 1.165) is 22.2 Å². The number of rotatable bonds is 3. The van der Waals surface area contributed by atoms with Gasteiger partial charge in [0, 0.05) is 24.7 Å². The van der Waals surface area contributed by atoms with Crippen LogP contribution in [0.1, 0.15) is 42.7 Å². The molecule has 2 heterocycles. The number of thioether (sulfide) groups is 1. The molecule has 1 aromatic rings. The summed E-state index contributed by atoms with van der Waals surface area (Å²) in [6.45, 7) is -0.499. The molecule has 2 unspecified atom stereocenters. The molecular weight excluding hydrogens is 391 g/mol. The molecule has 27 heavy (non-hydrogen) atoms. The van der Waals surface area contributed by atoms with Gasteiger partial charge in [-0.1, -0.05) is 42.9 Å². The summed E-state index contributed by atoms with van der Waals surface area (Å²) in [6.07, 6.45) is 6.80. The van der Waals surface area contributed by atoms with E-state index in [0.29, 0.717) is 16.9 Å².